The summed E-state index contributed by atoms with van der Waals surface area (Å²) >= 11 is 0. The third-order valence-electron chi connectivity index (χ3n) is 1.13. The van der Waals surface area contributed by atoms with Gasteiger partial charge in [0.05, 0.1) is 12.7 Å². The van der Waals surface area contributed by atoms with E-state index in [4.69, 9.17) is 10.00 Å². The molecule has 0 aromatic heterocycles. The highest BCUT2D eigenvalue weighted by atomic mass is 16.5. The number of nitriles is 1. The number of nitrogens with zero attached hydrogens (tertiary/aromatic N) is 1. The van der Waals surface area contributed by atoms with Crippen LogP contribution in [0.4, 0.5) is 0 Å². The number of methoxy groups -OCH3 is 1. The van der Waals surface area contributed by atoms with Crippen LogP contribution in [0.25, 0.3) is 0 Å². The normalized spacial score (nSPS) is 9.20. The number of unbranched alkanes of at least 4 members (excludes halogenated alkanes) is 1. The van der Waals surface area contributed by atoms with Crippen LogP contribution in [0, 0.1) is 11.3 Å². The van der Waals surface area contributed by atoms with E-state index in [0.717, 1.165) is 26.1 Å². The standard InChI is InChI=1S/C7H14N2O/c1-10-7-6-9-5-3-2-4-8/h9H,2-3,5-7H2,1H3. The number of hydrogen-bond acceptors (Lipinski definition) is 3. The summed E-state index contributed by atoms with van der Waals surface area (Å²) in [4.78, 5) is 0. The lowest BCUT2D eigenvalue weighted by Gasteiger charge is -2.00. The van der Waals surface area contributed by atoms with Gasteiger partial charge < -0.3 is 10.1 Å². The second-order valence-electron chi connectivity index (χ2n) is 2.00. The zero-order chi connectivity index (χ0) is 7.66. The van der Waals surface area contributed by atoms with Crippen LogP contribution in [-0.4, -0.2) is 26.8 Å². The van der Waals surface area contributed by atoms with Crippen molar-refractivity contribution < 1.29 is 4.74 Å². The highest BCUT2D eigenvalue weighted by Crippen LogP contribution is 1.81. The van der Waals surface area contributed by atoms with Gasteiger partial charge in [-0.1, -0.05) is 0 Å². The van der Waals surface area contributed by atoms with Crippen LogP contribution < -0.4 is 5.32 Å². The summed E-state index contributed by atoms with van der Waals surface area (Å²) < 4.78 is 4.82. The first-order chi connectivity index (χ1) is 4.91. The van der Waals surface area contributed by atoms with Gasteiger partial charge in [-0.05, 0) is 13.0 Å². The summed E-state index contributed by atoms with van der Waals surface area (Å²) in [6.07, 6.45) is 1.57. The van der Waals surface area contributed by atoms with E-state index < -0.39 is 0 Å². The van der Waals surface area contributed by atoms with Crippen LogP contribution >= 0.6 is 0 Å². The topological polar surface area (TPSA) is 45.0 Å². The van der Waals surface area contributed by atoms with Crippen molar-refractivity contribution >= 4 is 0 Å². The van der Waals surface area contributed by atoms with Crippen LogP contribution in [-0.2, 0) is 4.74 Å². The number of rotatable bonds is 6. The molecule has 0 bridgehead atoms. The van der Waals surface area contributed by atoms with Crippen molar-refractivity contribution in [3.8, 4) is 6.07 Å². The molecule has 0 rings (SSSR count). The van der Waals surface area contributed by atoms with E-state index in [9.17, 15) is 0 Å². The van der Waals surface area contributed by atoms with Crippen LogP contribution in [0.1, 0.15) is 12.8 Å². The molecule has 0 unspecified atom stereocenters. The molecule has 0 aliphatic rings. The SMILES string of the molecule is COCCNCCCC#N. The Labute approximate surface area is 62.0 Å². The summed E-state index contributed by atoms with van der Waals surface area (Å²) in [7, 11) is 1.68. The molecule has 0 amide bonds. The van der Waals surface area contributed by atoms with Gasteiger partial charge in [0.1, 0.15) is 0 Å². The van der Waals surface area contributed by atoms with Crippen molar-refractivity contribution in [2.45, 2.75) is 12.8 Å². The predicted octanol–water partition coefficient (Wildman–Crippen LogP) is 0.526. The Bertz CT molecular complexity index is 98.3. The first kappa shape index (κ1) is 9.41. The third kappa shape index (κ3) is 7.41. The zero-order valence-electron chi connectivity index (χ0n) is 6.39. The van der Waals surface area contributed by atoms with Crippen molar-refractivity contribution in [1.29, 1.82) is 5.26 Å². The van der Waals surface area contributed by atoms with Gasteiger partial charge in [0.25, 0.3) is 0 Å². The quantitative estimate of drug-likeness (QED) is 0.550. The monoisotopic (exact) mass is 142 g/mol. The first-order valence-electron chi connectivity index (χ1n) is 3.48. The summed E-state index contributed by atoms with van der Waals surface area (Å²) in [5.41, 5.74) is 0. The molecular formula is C7H14N2O. The minimum absolute atomic E-state index is 0.639. The lowest BCUT2D eigenvalue weighted by Crippen LogP contribution is -2.19. The Kier molecular flexibility index (Phi) is 7.91. The largest absolute Gasteiger partial charge is 0.383 e. The molecule has 10 heavy (non-hydrogen) atoms. The fraction of sp³-hybridized carbons (Fsp3) is 0.857. The molecule has 0 aliphatic carbocycles. The van der Waals surface area contributed by atoms with Crippen LogP contribution in [0.3, 0.4) is 0 Å². The molecule has 0 radical (unpaired) electrons. The molecule has 0 saturated carbocycles. The summed E-state index contributed by atoms with van der Waals surface area (Å²) in [5.74, 6) is 0. The van der Waals surface area contributed by atoms with Gasteiger partial charge >= 0.3 is 0 Å². The van der Waals surface area contributed by atoms with Gasteiger partial charge in [0, 0.05) is 20.1 Å². The molecule has 0 saturated heterocycles. The highest BCUT2D eigenvalue weighted by molar-refractivity contribution is 4.68. The maximum Gasteiger partial charge on any atom is 0.0622 e. The molecule has 0 fully saturated rings. The van der Waals surface area contributed by atoms with Crippen LogP contribution in [0.2, 0.25) is 0 Å². The minimum Gasteiger partial charge on any atom is -0.383 e. The van der Waals surface area contributed by atoms with Gasteiger partial charge in [-0.15, -0.1) is 0 Å². The molecule has 3 nitrogen and oxygen atoms in total. The van der Waals surface area contributed by atoms with E-state index in [1.807, 2.05) is 0 Å². The molecule has 0 aliphatic heterocycles. The van der Waals surface area contributed by atoms with Crippen LogP contribution in [0.5, 0.6) is 0 Å². The average molecular weight is 142 g/mol. The molecule has 0 aromatic carbocycles. The Balaban J connectivity index is 2.72. The number of nitrogens with one attached hydrogen (secondary N) is 1. The summed E-state index contributed by atoms with van der Waals surface area (Å²) in [6, 6.07) is 2.09. The van der Waals surface area contributed by atoms with E-state index in [1.165, 1.54) is 0 Å². The van der Waals surface area contributed by atoms with Gasteiger partial charge in [-0.25, -0.2) is 0 Å². The van der Waals surface area contributed by atoms with E-state index >= 15 is 0 Å². The molecule has 0 spiro atoms. The number of hydrogen-bond donors (Lipinski definition) is 1. The van der Waals surface area contributed by atoms with E-state index in [-0.39, 0.29) is 0 Å². The summed E-state index contributed by atoms with van der Waals surface area (Å²) in [6.45, 7) is 2.53. The van der Waals surface area contributed by atoms with E-state index in [1.54, 1.807) is 7.11 Å². The van der Waals surface area contributed by atoms with Crippen molar-refractivity contribution in [2.75, 3.05) is 26.8 Å². The first-order valence-corrected chi connectivity index (χ1v) is 3.48. The Morgan fingerprint density at radius 2 is 2.30 bits per heavy atom. The molecule has 0 atom stereocenters. The van der Waals surface area contributed by atoms with Crippen molar-refractivity contribution in [2.24, 2.45) is 0 Å². The molecule has 58 valence electrons. The predicted molar refractivity (Wildman–Crippen MR) is 39.6 cm³/mol. The Hall–Kier alpha value is -0.590. The summed E-state index contributed by atoms with van der Waals surface area (Å²) in [5, 5.41) is 11.3. The van der Waals surface area contributed by atoms with Crippen LogP contribution in [0.15, 0.2) is 0 Å². The van der Waals surface area contributed by atoms with E-state index in [2.05, 4.69) is 11.4 Å². The fourth-order valence-electron chi connectivity index (χ4n) is 0.592. The third-order valence-corrected chi connectivity index (χ3v) is 1.13. The van der Waals surface area contributed by atoms with Gasteiger partial charge in [0.2, 0.25) is 0 Å². The molecule has 3 heteroatoms. The second kappa shape index (κ2) is 8.41. The maximum absolute atomic E-state index is 8.17. The smallest absolute Gasteiger partial charge is 0.0622 e. The lowest BCUT2D eigenvalue weighted by atomic mass is 10.3. The minimum atomic E-state index is 0.639. The van der Waals surface area contributed by atoms with Gasteiger partial charge in [0.15, 0.2) is 0 Å². The highest BCUT2D eigenvalue weighted by Gasteiger charge is 1.85. The van der Waals surface area contributed by atoms with Crippen molar-refractivity contribution in [3.63, 3.8) is 0 Å². The van der Waals surface area contributed by atoms with E-state index in [0.29, 0.717) is 6.42 Å². The lowest BCUT2D eigenvalue weighted by molar-refractivity contribution is 0.199. The maximum atomic E-state index is 8.17. The Morgan fingerprint density at radius 3 is 2.90 bits per heavy atom. The number of ether oxygens (including phenoxy) is 1. The fourth-order valence-corrected chi connectivity index (χ4v) is 0.592. The zero-order valence-corrected chi connectivity index (χ0v) is 6.39. The molecule has 0 heterocycles. The van der Waals surface area contributed by atoms with Gasteiger partial charge in [-0.3, -0.25) is 0 Å². The Morgan fingerprint density at radius 1 is 1.50 bits per heavy atom. The van der Waals surface area contributed by atoms with Gasteiger partial charge in [-0.2, -0.15) is 5.26 Å². The second-order valence-corrected chi connectivity index (χ2v) is 2.00. The average Bonchev–Trinajstić information content (AvgIpc) is 1.97. The van der Waals surface area contributed by atoms with Crippen molar-refractivity contribution in [1.82, 2.24) is 5.32 Å². The molecular weight excluding hydrogens is 128 g/mol. The molecule has 0 aromatic rings. The van der Waals surface area contributed by atoms with Crippen molar-refractivity contribution in [3.05, 3.63) is 0 Å². The molecule has 1 N–H and O–H groups in total.